The van der Waals surface area contributed by atoms with Crippen molar-refractivity contribution < 1.29 is 14.7 Å². The van der Waals surface area contributed by atoms with Gasteiger partial charge >= 0.3 is 0 Å². The van der Waals surface area contributed by atoms with Crippen molar-refractivity contribution in [2.45, 2.75) is 126 Å². The van der Waals surface area contributed by atoms with E-state index in [0.29, 0.717) is 30.1 Å². The summed E-state index contributed by atoms with van der Waals surface area (Å²) in [5.41, 5.74) is 3.91. The quantitative estimate of drug-likeness (QED) is 0.338. The second-order valence-corrected chi connectivity index (χ2v) is 16.3. The average Bonchev–Trinajstić information content (AvgIpc) is 2.92. The predicted octanol–water partition coefficient (Wildman–Crippen LogP) is 7.85. The zero-order valence-electron chi connectivity index (χ0n) is 28.0. The molecule has 42 heavy (non-hydrogen) atoms. The van der Waals surface area contributed by atoms with Gasteiger partial charge in [-0.1, -0.05) is 52.3 Å². The molecular weight excluding hydrogens is 520 g/mol. The molecule has 1 amide bonds. The molecule has 2 N–H and O–H groups in total. The summed E-state index contributed by atoms with van der Waals surface area (Å²) in [5, 5.41) is 13.8. The van der Waals surface area contributed by atoms with E-state index in [4.69, 9.17) is 0 Å². The molecule has 0 unspecified atom stereocenters. The molecule has 5 rings (SSSR count). The summed E-state index contributed by atoms with van der Waals surface area (Å²) in [6, 6.07) is 0.913. The summed E-state index contributed by atoms with van der Waals surface area (Å²) >= 11 is 0. The number of carbonyl (C=O) groups is 2. The first-order valence-electron chi connectivity index (χ1n) is 16.6. The number of nitrogens with zero attached hydrogens (tertiary/aromatic N) is 1. The smallest absolute Gasteiger partial charge is 0.225 e. The van der Waals surface area contributed by atoms with E-state index in [1.165, 1.54) is 12.0 Å². The molecule has 5 aliphatic rings. The number of aliphatic hydroxyl groups is 1. The van der Waals surface area contributed by atoms with Crippen molar-refractivity contribution in [2.24, 2.45) is 33.0 Å². The van der Waals surface area contributed by atoms with Gasteiger partial charge in [0.25, 0.3) is 0 Å². The van der Waals surface area contributed by atoms with Gasteiger partial charge in [0.1, 0.15) is 0 Å². The monoisotopic (exact) mass is 576 g/mol. The highest BCUT2D eigenvalue weighted by Gasteiger charge is 2.67. The normalized spacial score (nSPS) is 39.7. The Morgan fingerprint density at radius 1 is 0.976 bits per heavy atom. The summed E-state index contributed by atoms with van der Waals surface area (Å²) in [5.74, 6) is 0.285. The van der Waals surface area contributed by atoms with Crippen LogP contribution in [0.3, 0.4) is 0 Å². The molecule has 3 fully saturated rings. The van der Waals surface area contributed by atoms with Crippen LogP contribution in [-0.4, -0.2) is 46.9 Å². The van der Waals surface area contributed by atoms with Crippen molar-refractivity contribution in [1.29, 1.82) is 0 Å². The molecule has 0 aliphatic heterocycles. The molecule has 0 bridgehead atoms. The van der Waals surface area contributed by atoms with Crippen molar-refractivity contribution in [3.05, 3.63) is 46.3 Å². The molecule has 0 aromatic rings. The third-order valence-corrected chi connectivity index (χ3v) is 13.4. The number of rotatable bonds is 6. The lowest BCUT2D eigenvalue weighted by atomic mass is 9.34. The molecule has 0 heterocycles. The van der Waals surface area contributed by atoms with Gasteiger partial charge in [0.2, 0.25) is 11.7 Å². The standard InChI is InChI=1S/C37H56N2O3/c1-23(2)39(24(3)4)20-19-38-32(42)34(7)14-13-33(6)15-17-36(9)29-12-11-26-25(5)31(41)28(40)21-27(26)35(29,8)16-18-37(36,10)30(33)22-34/h11-12,21,23-24,30,41H,13-20,22H2,1-10H3,(H,38,42)/t30-,33-,34-,35+,36-,37+/m1/s1. The van der Waals surface area contributed by atoms with E-state index in [-0.39, 0.29) is 44.5 Å². The first-order valence-corrected chi connectivity index (χ1v) is 16.6. The summed E-state index contributed by atoms with van der Waals surface area (Å²) in [6.45, 7) is 24.4. The molecule has 3 saturated carbocycles. The summed E-state index contributed by atoms with van der Waals surface area (Å²) in [6.07, 6.45) is 13.5. The van der Waals surface area contributed by atoms with Crippen LogP contribution in [0.25, 0.3) is 0 Å². The summed E-state index contributed by atoms with van der Waals surface area (Å²) in [7, 11) is 0. The molecule has 0 saturated heterocycles. The summed E-state index contributed by atoms with van der Waals surface area (Å²) < 4.78 is 0. The van der Waals surface area contributed by atoms with Crippen molar-refractivity contribution in [2.75, 3.05) is 13.1 Å². The molecule has 232 valence electrons. The Morgan fingerprint density at radius 2 is 1.62 bits per heavy atom. The number of fused-ring (bicyclic) bond motifs is 7. The van der Waals surface area contributed by atoms with E-state index in [9.17, 15) is 14.7 Å². The lowest BCUT2D eigenvalue weighted by Gasteiger charge is -2.70. The van der Waals surface area contributed by atoms with E-state index in [1.807, 2.05) is 6.92 Å². The van der Waals surface area contributed by atoms with Crippen molar-refractivity contribution in [3.63, 3.8) is 0 Å². The van der Waals surface area contributed by atoms with Gasteiger partial charge in [-0.15, -0.1) is 0 Å². The van der Waals surface area contributed by atoms with E-state index < -0.39 is 0 Å². The molecule has 6 atom stereocenters. The fourth-order valence-corrected chi connectivity index (χ4v) is 10.3. The minimum absolute atomic E-state index is 0.0308. The first-order chi connectivity index (χ1) is 19.4. The number of amides is 1. The highest BCUT2D eigenvalue weighted by atomic mass is 16.3. The Balaban J connectivity index is 1.44. The number of nitrogens with one attached hydrogen (secondary N) is 1. The van der Waals surface area contributed by atoms with E-state index in [2.05, 4.69) is 84.7 Å². The maximum absolute atomic E-state index is 13.9. The average molecular weight is 577 g/mol. The fourth-order valence-electron chi connectivity index (χ4n) is 10.3. The van der Waals surface area contributed by atoms with Gasteiger partial charge in [-0.25, -0.2) is 0 Å². The second kappa shape index (κ2) is 10.2. The van der Waals surface area contributed by atoms with Crippen molar-refractivity contribution in [3.8, 4) is 0 Å². The number of hydrogen-bond donors (Lipinski definition) is 2. The maximum Gasteiger partial charge on any atom is 0.225 e. The van der Waals surface area contributed by atoms with Gasteiger partial charge in [-0.2, -0.15) is 0 Å². The lowest BCUT2D eigenvalue weighted by Crippen LogP contribution is -2.62. The van der Waals surface area contributed by atoms with Crippen LogP contribution in [0.5, 0.6) is 0 Å². The Labute approximate surface area is 255 Å². The minimum atomic E-state index is -0.363. The highest BCUT2D eigenvalue weighted by Crippen LogP contribution is 2.75. The fraction of sp³-hybridized carbons (Fsp3) is 0.730. The highest BCUT2D eigenvalue weighted by molar-refractivity contribution is 6.06. The largest absolute Gasteiger partial charge is 0.504 e. The van der Waals surface area contributed by atoms with E-state index >= 15 is 0 Å². The predicted molar refractivity (Wildman–Crippen MR) is 171 cm³/mol. The number of aliphatic hydroxyl groups excluding tert-OH is 1. The minimum Gasteiger partial charge on any atom is -0.504 e. The number of hydrogen-bond acceptors (Lipinski definition) is 4. The number of ketones is 1. The molecule has 0 spiro atoms. The topological polar surface area (TPSA) is 69.6 Å². The van der Waals surface area contributed by atoms with Crippen molar-refractivity contribution >= 4 is 11.7 Å². The second-order valence-electron chi connectivity index (χ2n) is 16.3. The van der Waals surface area contributed by atoms with E-state index in [1.54, 1.807) is 6.08 Å². The third kappa shape index (κ3) is 4.42. The van der Waals surface area contributed by atoms with Gasteiger partial charge in [0.05, 0.1) is 0 Å². The van der Waals surface area contributed by atoms with Crippen molar-refractivity contribution in [1.82, 2.24) is 10.2 Å². The molecule has 0 aromatic heterocycles. The zero-order chi connectivity index (χ0) is 31.0. The van der Waals surface area contributed by atoms with Crippen LogP contribution in [0.4, 0.5) is 0 Å². The van der Waals surface area contributed by atoms with Crippen LogP contribution in [0.2, 0.25) is 0 Å². The van der Waals surface area contributed by atoms with Crippen LogP contribution in [0, 0.1) is 33.0 Å². The van der Waals surface area contributed by atoms with Gasteiger partial charge in [-0.3, -0.25) is 14.5 Å². The molecular formula is C37H56N2O3. The Kier molecular flexibility index (Phi) is 7.61. The zero-order valence-corrected chi connectivity index (χ0v) is 28.0. The maximum atomic E-state index is 13.9. The Bertz CT molecular complexity index is 1290. The Morgan fingerprint density at radius 3 is 2.26 bits per heavy atom. The Hall–Kier alpha value is -2.14. The first kappa shape index (κ1) is 31.3. The third-order valence-electron chi connectivity index (χ3n) is 13.4. The van der Waals surface area contributed by atoms with Gasteiger partial charge in [-0.05, 0) is 119 Å². The van der Waals surface area contributed by atoms with Crippen LogP contribution >= 0.6 is 0 Å². The van der Waals surface area contributed by atoms with Crippen LogP contribution in [0.15, 0.2) is 46.3 Å². The summed E-state index contributed by atoms with van der Waals surface area (Å²) in [4.78, 5) is 29.1. The van der Waals surface area contributed by atoms with Crippen LogP contribution in [-0.2, 0) is 9.59 Å². The molecule has 5 aliphatic carbocycles. The lowest BCUT2D eigenvalue weighted by molar-refractivity contribution is -0.169. The molecule has 0 radical (unpaired) electrons. The van der Waals surface area contributed by atoms with Gasteiger partial charge in [0.15, 0.2) is 5.76 Å². The van der Waals surface area contributed by atoms with E-state index in [0.717, 1.165) is 56.2 Å². The molecule has 5 nitrogen and oxygen atoms in total. The van der Waals surface area contributed by atoms with Gasteiger partial charge < -0.3 is 10.4 Å². The SMILES string of the molecule is CC1=C(O)C(=O)C=C2C1=CC=C1[C@@]2(C)CC[C@@]2(C)[C@@H]3C[C@](C)(C(=O)NCCN(C(C)C)C(C)C)CC[C@]3(C)CC[C@]12C. The van der Waals surface area contributed by atoms with Crippen LogP contribution in [0.1, 0.15) is 114 Å². The molecule has 5 heteroatoms. The molecule has 0 aromatic carbocycles. The van der Waals surface area contributed by atoms with Crippen LogP contribution < -0.4 is 5.32 Å². The number of allylic oxidation sites excluding steroid dienone is 7. The number of carbonyl (C=O) groups excluding carboxylic acids is 2. The van der Waals surface area contributed by atoms with Gasteiger partial charge in [0, 0.05) is 41.6 Å².